The second-order valence-corrected chi connectivity index (χ2v) is 5.14. The number of aryl methyl sites for hydroxylation is 1. The summed E-state index contributed by atoms with van der Waals surface area (Å²) in [5.41, 5.74) is 1.54. The lowest BCUT2D eigenvalue weighted by Crippen LogP contribution is -2.16. The van der Waals surface area contributed by atoms with E-state index in [0.717, 1.165) is 5.69 Å². The van der Waals surface area contributed by atoms with Crippen LogP contribution in [0.3, 0.4) is 0 Å². The van der Waals surface area contributed by atoms with Gasteiger partial charge >= 0.3 is 0 Å². The fraction of sp³-hybridized carbons (Fsp3) is 0.133. The van der Waals surface area contributed by atoms with Gasteiger partial charge in [-0.2, -0.15) is 5.10 Å². The molecule has 7 heteroatoms. The van der Waals surface area contributed by atoms with E-state index in [0.29, 0.717) is 23.7 Å². The molecule has 1 N–H and O–H groups in total. The summed E-state index contributed by atoms with van der Waals surface area (Å²) in [6, 6.07) is 9.19. The number of aromatic nitrogens is 4. The average molecular weight is 316 g/mol. The summed E-state index contributed by atoms with van der Waals surface area (Å²) < 4.78 is 3.52. The second-order valence-electron chi connectivity index (χ2n) is 4.71. The van der Waals surface area contributed by atoms with Gasteiger partial charge in [0.1, 0.15) is 12.7 Å². The summed E-state index contributed by atoms with van der Waals surface area (Å²) in [7, 11) is 0. The minimum atomic E-state index is -0.0915. The summed E-state index contributed by atoms with van der Waals surface area (Å²) in [5.74, 6) is -0.0915. The Morgan fingerprint density at radius 2 is 2.09 bits per heavy atom. The molecule has 0 aliphatic heterocycles. The van der Waals surface area contributed by atoms with Crippen molar-refractivity contribution >= 4 is 23.2 Å². The SMILES string of the molecule is O=C(CCn1cncn1)Nc1ccc(Cl)cc1-n1cccc1. The number of anilines is 1. The van der Waals surface area contributed by atoms with Gasteiger partial charge < -0.3 is 9.88 Å². The van der Waals surface area contributed by atoms with Crippen LogP contribution in [0.25, 0.3) is 5.69 Å². The number of nitrogens with one attached hydrogen (secondary N) is 1. The molecule has 0 atom stereocenters. The Balaban J connectivity index is 1.73. The van der Waals surface area contributed by atoms with Crippen LogP contribution >= 0.6 is 11.6 Å². The van der Waals surface area contributed by atoms with Gasteiger partial charge in [-0.3, -0.25) is 9.48 Å². The van der Waals surface area contributed by atoms with Crippen LogP contribution in [0.5, 0.6) is 0 Å². The fourth-order valence-corrected chi connectivity index (χ4v) is 2.26. The van der Waals surface area contributed by atoms with Crippen LogP contribution in [0, 0.1) is 0 Å². The van der Waals surface area contributed by atoms with Gasteiger partial charge in [0.2, 0.25) is 5.91 Å². The van der Waals surface area contributed by atoms with Gasteiger partial charge in [-0.25, -0.2) is 4.98 Å². The normalized spacial score (nSPS) is 10.6. The topological polar surface area (TPSA) is 64.7 Å². The Kier molecular flexibility index (Phi) is 4.20. The third-order valence-electron chi connectivity index (χ3n) is 3.15. The summed E-state index contributed by atoms with van der Waals surface area (Å²) in [4.78, 5) is 15.9. The average Bonchev–Trinajstić information content (AvgIpc) is 3.20. The molecule has 0 fully saturated rings. The lowest BCUT2D eigenvalue weighted by molar-refractivity contribution is -0.116. The molecule has 0 radical (unpaired) electrons. The van der Waals surface area contributed by atoms with Crippen molar-refractivity contribution in [1.82, 2.24) is 19.3 Å². The maximum atomic E-state index is 12.1. The first kappa shape index (κ1) is 14.3. The largest absolute Gasteiger partial charge is 0.324 e. The number of carbonyl (C=O) groups is 1. The highest BCUT2D eigenvalue weighted by Crippen LogP contribution is 2.24. The fourth-order valence-electron chi connectivity index (χ4n) is 2.10. The van der Waals surface area contributed by atoms with Crippen molar-refractivity contribution in [3.63, 3.8) is 0 Å². The molecule has 3 aromatic rings. The summed E-state index contributed by atoms with van der Waals surface area (Å²) in [6.45, 7) is 0.484. The number of benzene rings is 1. The zero-order valence-electron chi connectivity index (χ0n) is 11.7. The first-order chi connectivity index (χ1) is 10.7. The van der Waals surface area contributed by atoms with Gasteiger partial charge in [-0.15, -0.1) is 0 Å². The van der Waals surface area contributed by atoms with Crippen molar-refractivity contribution in [2.75, 3.05) is 5.32 Å². The van der Waals surface area contributed by atoms with Crippen LogP contribution in [0.15, 0.2) is 55.4 Å². The summed E-state index contributed by atoms with van der Waals surface area (Å²) in [5, 5.41) is 7.49. The van der Waals surface area contributed by atoms with E-state index in [1.54, 1.807) is 23.1 Å². The molecule has 112 valence electrons. The Bertz CT molecular complexity index is 752. The Morgan fingerprint density at radius 3 is 2.82 bits per heavy atom. The third kappa shape index (κ3) is 3.35. The molecule has 0 unspecified atom stereocenters. The number of hydrogen-bond acceptors (Lipinski definition) is 3. The minimum absolute atomic E-state index is 0.0915. The number of carbonyl (C=O) groups excluding carboxylic acids is 1. The van der Waals surface area contributed by atoms with Crippen molar-refractivity contribution in [3.8, 4) is 5.69 Å². The van der Waals surface area contributed by atoms with Crippen LogP contribution in [0.4, 0.5) is 5.69 Å². The quantitative estimate of drug-likeness (QED) is 0.787. The van der Waals surface area contributed by atoms with E-state index >= 15 is 0 Å². The van der Waals surface area contributed by atoms with E-state index < -0.39 is 0 Å². The number of halogens is 1. The molecule has 6 nitrogen and oxygen atoms in total. The van der Waals surface area contributed by atoms with Crippen molar-refractivity contribution in [2.24, 2.45) is 0 Å². The molecule has 0 spiro atoms. The zero-order chi connectivity index (χ0) is 15.4. The number of hydrogen-bond donors (Lipinski definition) is 1. The Labute approximate surface area is 132 Å². The molecule has 0 aliphatic carbocycles. The van der Waals surface area contributed by atoms with Crippen molar-refractivity contribution in [3.05, 3.63) is 60.4 Å². The lowest BCUT2D eigenvalue weighted by Gasteiger charge is -2.12. The third-order valence-corrected chi connectivity index (χ3v) is 3.39. The first-order valence-corrected chi connectivity index (χ1v) is 7.15. The standard InChI is InChI=1S/C15H14ClN5O/c16-12-3-4-13(14(9-12)20-6-1-2-7-20)19-15(22)5-8-21-11-17-10-18-21/h1-4,6-7,9-11H,5,8H2,(H,19,22). The van der Waals surface area contributed by atoms with Gasteiger partial charge in [0.15, 0.2) is 0 Å². The molecular formula is C15H14ClN5O. The summed E-state index contributed by atoms with van der Waals surface area (Å²) in [6.07, 6.45) is 7.15. The highest BCUT2D eigenvalue weighted by Gasteiger charge is 2.09. The lowest BCUT2D eigenvalue weighted by atomic mass is 10.2. The molecule has 1 amide bonds. The van der Waals surface area contributed by atoms with E-state index in [4.69, 9.17) is 11.6 Å². The maximum absolute atomic E-state index is 12.1. The van der Waals surface area contributed by atoms with Crippen LogP contribution in [-0.2, 0) is 11.3 Å². The molecule has 0 saturated carbocycles. The smallest absolute Gasteiger partial charge is 0.226 e. The first-order valence-electron chi connectivity index (χ1n) is 6.77. The molecule has 1 aromatic carbocycles. The molecule has 2 heterocycles. The summed E-state index contributed by atoms with van der Waals surface area (Å²) >= 11 is 6.05. The van der Waals surface area contributed by atoms with Gasteiger partial charge in [-0.05, 0) is 30.3 Å². The Hall–Kier alpha value is -2.60. The van der Waals surface area contributed by atoms with E-state index in [1.165, 1.54) is 6.33 Å². The highest BCUT2D eigenvalue weighted by atomic mass is 35.5. The van der Waals surface area contributed by atoms with Crippen LogP contribution in [-0.4, -0.2) is 25.2 Å². The van der Waals surface area contributed by atoms with E-state index in [2.05, 4.69) is 15.4 Å². The van der Waals surface area contributed by atoms with E-state index in [9.17, 15) is 4.79 Å². The van der Waals surface area contributed by atoms with E-state index in [-0.39, 0.29) is 5.91 Å². The minimum Gasteiger partial charge on any atom is -0.324 e. The molecule has 0 saturated heterocycles. The predicted molar refractivity (Wildman–Crippen MR) is 84.0 cm³/mol. The number of nitrogens with zero attached hydrogens (tertiary/aromatic N) is 4. The van der Waals surface area contributed by atoms with Crippen LogP contribution in [0.2, 0.25) is 5.02 Å². The second kappa shape index (κ2) is 6.44. The van der Waals surface area contributed by atoms with Gasteiger partial charge in [0, 0.05) is 23.8 Å². The van der Waals surface area contributed by atoms with Crippen LogP contribution < -0.4 is 5.32 Å². The van der Waals surface area contributed by atoms with Crippen LogP contribution in [0.1, 0.15) is 6.42 Å². The maximum Gasteiger partial charge on any atom is 0.226 e. The highest BCUT2D eigenvalue weighted by molar-refractivity contribution is 6.30. The molecule has 22 heavy (non-hydrogen) atoms. The molecule has 0 bridgehead atoms. The number of amides is 1. The zero-order valence-corrected chi connectivity index (χ0v) is 12.4. The molecule has 3 rings (SSSR count). The molecule has 2 aromatic heterocycles. The van der Waals surface area contributed by atoms with E-state index in [1.807, 2.05) is 35.2 Å². The van der Waals surface area contributed by atoms with Crippen molar-refractivity contribution < 1.29 is 4.79 Å². The monoisotopic (exact) mass is 315 g/mol. The molecular weight excluding hydrogens is 302 g/mol. The van der Waals surface area contributed by atoms with Crippen molar-refractivity contribution in [2.45, 2.75) is 13.0 Å². The number of rotatable bonds is 5. The predicted octanol–water partition coefficient (Wildman–Crippen LogP) is 2.75. The van der Waals surface area contributed by atoms with Crippen molar-refractivity contribution in [1.29, 1.82) is 0 Å². The van der Waals surface area contributed by atoms with Gasteiger partial charge in [-0.1, -0.05) is 11.6 Å². The van der Waals surface area contributed by atoms with Gasteiger partial charge in [0.25, 0.3) is 0 Å². The van der Waals surface area contributed by atoms with Gasteiger partial charge in [0.05, 0.1) is 17.9 Å². The Morgan fingerprint density at radius 1 is 1.27 bits per heavy atom. The molecule has 0 aliphatic rings.